The molecule has 5 nitrogen and oxygen atoms in total. The Bertz CT molecular complexity index is 467. The quantitative estimate of drug-likeness (QED) is 0.827. The van der Waals surface area contributed by atoms with Gasteiger partial charge in [0.15, 0.2) is 11.5 Å². The number of hydrogen-bond donors (Lipinski definition) is 0. The van der Waals surface area contributed by atoms with Crippen molar-refractivity contribution in [3.8, 4) is 0 Å². The second-order valence-electron chi connectivity index (χ2n) is 5.97. The maximum absolute atomic E-state index is 12.2. The average molecular weight is 274 g/mol. The van der Waals surface area contributed by atoms with Crippen molar-refractivity contribution in [1.82, 2.24) is 15.1 Å². The lowest BCUT2D eigenvalue weighted by Crippen LogP contribution is -2.35. The monoisotopic (exact) mass is 274 g/mol. The van der Waals surface area contributed by atoms with Crippen LogP contribution in [0, 0.1) is 5.92 Å². The molecule has 5 heteroatoms. The number of carbonyl (C=O) groups is 1. The summed E-state index contributed by atoms with van der Waals surface area (Å²) in [4.78, 5) is 16.3. The summed E-state index contributed by atoms with van der Waals surface area (Å²) in [6.07, 6.45) is 4.69. The molecule has 0 aliphatic carbocycles. The average Bonchev–Trinajstić information content (AvgIpc) is 3.01. The normalized spacial score (nSPS) is 23.1. The van der Waals surface area contributed by atoms with Gasteiger partial charge in [-0.3, -0.25) is 4.79 Å². The molecule has 2 saturated heterocycles. The first-order chi connectivity index (χ1) is 9.74. The Morgan fingerprint density at radius 2 is 1.95 bits per heavy atom. The molecular formula is C15H22N4O. The van der Waals surface area contributed by atoms with Gasteiger partial charge in [0.1, 0.15) is 0 Å². The predicted octanol–water partition coefficient (Wildman–Crippen LogP) is 1.95. The van der Waals surface area contributed by atoms with Crippen LogP contribution in [0.5, 0.6) is 0 Å². The molecule has 1 atom stereocenters. The van der Waals surface area contributed by atoms with Gasteiger partial charge >= 0.3 is 0 Å². The van der Waals surface area contributed by atoms with Crippen LogP contribution >= 0.6 is 0 Å². The highest BCUT2D eigenvalue weighted by molar-refractivity contribution is 5.92. The van der Waals surface area contributed by atoms with Crippen molar-refractivity contribution < 1.29 is 4.79 Å². The third-order valence-electron chi connectivity index (χ3n) is 4.24. The van der Waals surface area contributed by atoms with Crippen LogP contribution in [0.4, 0.5) is 5.82 Å². The smallest absolute Gasteiger partial charge is 0.274 e. The molecule has 3 heterocycles. The summed E-state index contributed by atoms with van der Waals surface area (Å²) in [6, 6.07) is 3.76. The SMILES string of the molecule is CC1CCCN(c2ccc(C(=O)N3CCCC3)nn2)C1. The molecule has 1 amide bonds. The maximum atomic E-state index is 12.2. The Morgan fingerprint density at radius 3 is 2.60 bits per heavy atom. The van der Waals surface area contributed by atoms with E-state index >= 15 is 0 Å². The molecule has 1 aromatic rings. The minimum Gasteiger partial charge on any atom is -0.355 e. The highest BCUT2D eigenvalue weighted by atomic mass is 16.2. The van der Waals surface area contributed by atoms with Crippen molar-refractivity contribution in [3.63, 3.8) is 0 Å². The molecule has 108 valence electrons. The largest absolute Gasteiger partial charge is 0.355 e. The van der Waals surface area contributed by atoms with Gasteiger partial charge in [0.2, 0.25) is 0 Å². The molecular weight excluding hydrogens is 252 g/mol. The summed E-state index contributed by atoms with van der Waals surface area (Å²) >= 11 is 0. The summed E-state index contributed by atoms with van der Waals surface area (Å²) < 4.78 is 0. The molecule has 20 heavy (non-hydrogen) atoms. The fourth-order valence-corrected chi connectivity index (χ4v) is 3.09. The molecule has 1 aromatic heterocycles. The van der Waals surface area contributed by atoms with Crippen molar-refractivity contribution in [2.75, 3.05) is 31.1 Å². The first kappa shape index (κ1) is 13.3. The number of piperidine rings is 1. The summed E-state index contributed by atoms with van der Waals surface area (Å²) in [6.45, 7) is 6.05. The number of anilines is 1. The van der Waals surface area contributed by atoms with Gasteiger partial charge < -0.3 is 9.80 Å². The molecule has 2 aliphatic heterocycles. The Morgan fingerprint density at radius 1 is 1.15 bits per heavy atom. The number of carbonyl (C=O) groups excluding carboxylic acids is 1. The third-order valence-corrected chi connectivity index (χ3v) is 4.24. The van der Waals surface area contributed by atoms with E-state index in [1.807, 2.05) is 17.0 Å². The number of hydrogen-bond acceptors (Lipinski definition) is 4. The van der Waals surface area contributed by atoms with Crippen molar-refractivity contribution in [3.05, 3.63) is 17.8 Å². The zero-order valence-electron chi connectivity index (χ0n) is 12.1. The Kier molecular flexibility index (Phi) is 3.85. The molecule has 0 radical (unpaired) electrons. The zero-order chi connectivity index (χ0) is 13.9. The zero-order valence-corrected chi connectivity index (χ0v) is 12.1. The molecule has 2 fully saturated rings. The van der Waals surface area contributed by atoms with Crippen LogP contribution in [0.15, 0.2) is 12.1 Å². The van der Waals surface area contributed by atoms with Crippen molar-refractivity contribution >= 4 is 11.7 Å². The van der Waals surface area contributed by atoms with Gasteiger partial charge in [-0.15, -0.1) is 10.2 Å². The number of aromatic nitrogens is 2. The van der Waals surface area contributed by atoms with Crippen LogP contribution in [-0.4, -0.2) is 47.2 Å². The maximum Gasteiger partial charge on any atom is 0.274 e. The number of amides is 1. The van der Waals surface area contributed by atoms with E-state index in [0.717, 1.165) is 44.8 Å². The third kappa shape index (κ3) is 2.76. The number of likely N-dealkylation sites (tertiary alicyclic amines) is 1. The van der Waals surface area contributed by atoms with E-state index in [0.29, 0.717) is 11.6 Å². The van der Waals surface area contributed by atoms with Crippen LogP contribution in [0.1, 0.15) is 43.1 Å². The van der Waals surface area contributed by atoms with Crippen LogP contribution in [0.3, 0.4) is 0 Å². The summed E-state index contributed by atoms with van der Waals surface area (Å²) in [5.74, 6) is 1.62. The van der Waals surface area contributed by atoms with E-state index in [2.05, 4.69) is 22.0 Å². The summed E-state index contributed by atoms with van der Waals surface area (Å²) in [5, 5.41) is 8.40. The van der Waals surface area contributed by atoms with Crippen LogP contribution in [0.25, 0.3) is 0 Å². The topological polar surface area (TPSA) is 49.3 Å². The van der Waals surface area contributed by atoms with E-state index < -0.39 is 0 Å². The molecule has 0 N–H and O–H groups in total. The first-order valence-corrected chi connectivity index (χ1v) is 7.62. The highest BCUT2D eigenvalue weighted by Gasteiger charge is 2.22. The minimum absolute atomic E-state index is 0.0218. The van der Waals surface area contributed by atoms with Gasteiger partial charge in [-0.1, -0.05) is 6.92 Å². The van der Waals surface area contributed by atoms with Gasteiger partial charge in [0, 0.05) is 26.2 Å². The standard InChI is InChI=1S/C15H22N4O/c1-12-5-4-10-19(11-12)14-7-6-13(16-17-14)15(20)18-8-2-3-9-18/h6-7,12H,2-5,8-11H2,1H3. The van der Waals surface area contributed by atoms with Crippen molar-refractivity contribution in [2.24, 2.45) is 5.92 Å². The van der Waals surface area contributed by atoms with Gasteiger partial charge in [0.25, 0.3) is 5.91 Å². The lowest BCUT2D eigenvalue weighted by atomic mass is 10.0. The molecule has 2 aliphatic rings. The van der Waals surface area contributed by atoms with E-state index in [9.17, 15) is 4.79 Å². The lowest BCUT2D eigenvalue weighted by Gasteiger charge is -2.31. The van der Waals surface area contributed by atoms with Gasteiger partial charge in [-0.05, 0) is 43.7 Å². The lowest BCUT2D eigenvalue weighted by molar-refractivity contribution is 0.0786. The van der Waals surface area contributed by atoms with Gasteiger partial charge in [0.05, 0.1) is 0 Å². The summed E-state index contributed by atoms with van der Waals surface area (Å²) in [5.41, 5.74) is 0.473. The Hall–Kier alpha value is -1.65. The highest BCUT2D eigenvalue weighted by Crippen LogP contribution is 2.21. The Balaban J connectivity index is 1.69. The molecule has 0 aromatic carbocycles. The number of nitrogens with zero attached hydrogens (tertiary/aromatic N) is 4. The van der Waals surface area contributed by atoms with Gasteiger partial charge in [-0.2, -0.15) is 0 Å². The van der Waals surface area contributed by atoms with Crippen LogP contribution in [-0.2, 0) is 0 Å². The molecule has 0 spiro atoms. The second kappa shape index (κ2) is 5.77. The van der Waals surface area contributed by atoms with Crippen LogP contribution in [0.2, 0.25) is 0 Å². The fraction of sp³-hybridized carbons (Fsp3) is 0.667. The molecule has 0 bridgehead atoms. The molecule has 0 saturated carbocycles. The van der Waals surface area contributed by atoms with Crippen LogP contribution < -0.4 is 4.90 Å². The van der Waals surface area contributed by atoms with E-state index in [-0.39, 0.29) is 5.91 Å². The number of rotatable bonds is 2. The van der Waals surface area contributed by atoms with E-state index in [4.69, 9.17) is 0 Å². The fourth-order valence-electron chi connectivity index (χ4n) is 3.09. The van der Waals surface area contributed by atoms with E-state index in [1.165, 1.54) is 12.8 Å². The first-order valence-electron chi connectivity index (χ1n) is 7.62. The Labute approximate surface area is 120 Å². The minimum atomic E-state index is 0.0218. The summed E-state index contributed by atoms with van der Waals surface area (Å²) in [7, 11) is 0. The second-order valence-corrected chi connectivity index (χ2v) is 5.97. The molecule has 3 rings (SSSR count). The van der Waals surface area contributed by atoms with E-state index in [1.54, 1.807) is 0 Å². The van der Waals surface area contributed by atoms with Gasteiger partial charge in [-0.25, -0.2) is 0 Å². The molecule has 1 unspecified atom stereocenters. The van der Waals surface area contributed by atoms with Crippen molar-refractivity contribution in [1.29, 1.82) is 0 Å². The van der Waals surface area contributed by atoms with Crippen molar-refractivity contribution in [2.45, 2.75) is 32.6 Å². The predicted molar refractivity (Wildman–Crippen MR) is 77.8 cm³/mol.